The Balaban J connectivity index is 1.52. The first kappa shape index (κ1) is 19.8. The number of hydrogen-bond acceptors (Lipinski definition) is 5. The van der Waals surface area contributed by atoms with Gasteiger partial charge in [-0.05, 0) is 23.8 Å². The number of nitrogens with zero attached hydrogens (tertiary/aromatic N) is 3. The minimum Gasteiger partial charge on any atom is -0.496 e. The lowest BCUT2D eigenvalue weighted by Gasteiger charge is -2.33. The maximum atomic E-state index is 12.9. The van der Waals surface area contributed by atoms with Crippen LogP contribution in [-0.2, 0) is 16.1 Å². The first-order valence-corrected chi connectivity index (χ1v) is 9.81. The van der Waals surface area contributed by atoms with Crippen LogP contribution in [0.1, 0.15) is 11.7 Å². The largest absolute Gasteiger partial charge is 0.496 e. The fourth-order valence-electron chi connectivity index (χ4n) is 3.54. The van der Waals surface area contributed by atoms with Crippen molar-refractivity contribution < 1.29 is 14.3 Å². The molecule has 1 aromatic heterocycles. The van der Waals surface area contributed by atoms with Crippen molar-refractivity contribution in [3.8, 4) is 17.0 Å². The quantitative estimate of drug-likeness (QED) is 0.652. The number of rotatable bonds is 5. The van der Waals surface area contributed by atoms with E-state index in [1.165, 1.54) is 10.7 Å². The molecule has 7 nitrogen and oxygen atoms in total. The highest BCUT2D eigenvalue weighted by Crippen LogP contribution is 2.27. The molecule has 0 N–H and O–H groups in total. The van der Waals surface area contributed by atoms with Gasteiger partial charge in [-0.25, -0.2) is 4.68 Å². The Morgan fingerprint density at radius 1 is 1.10 bits per heavy atom. The standard InChI is InChI=1S/C23H23N3O4/c1-29-20-10-6-5-9-18(20)19-11-12-22(27)26(24-19)16-23(28)25-13-14-30-21(15-25)17-7-3-2-4-8-17/h2-12,21H,13-16H2,1H3/t21-/m1/s1. The number of carbonyl (C=O) groups is 1. The first-order valence-electron chi connectivity index (χ1n) is 9.81. The van der Waals surface area contributed by atoms with Crippen molar-refractivity contribution in [2.75, 3.05) is 26.8 Å². The van der Waals surface area contributed by atoms with Crippen LogP contribution in [0.4, 0.5) is 0 Å². The molecule has 154 valence electrons. The second-order valence-corrected chi connectivity index (χ2v) is 7.02. The van der Waals surface area contributed by atoms with Crippen molar-refractivity contribution in [2.24, 2.45) is 0 Å². The molecule has 1 amide bonds. The molecule has 0 aliphatic carbocycles. The first-order chi connectivity index (χ1) is 14.7. The predicted octanol–water partition coefficient (Wildman–Crippen LogP) is 2.52. The lowest BCUT2D eigenvalue weighted by Crippen LogP contribution is -2.44. The zero-order valence-corrected chi connectivity index (χ0v) is 16.7. The zero-order chi connectivity index (χ0) is 20.9. The minimum atomic E-state index is -0.324. The van der Waals surface area contributed by atoms with Crippen molar-refractivity contribution in [3.63, 3.8) is 0 Å². The summed E-state index contributed by atoms with van der Waals surface area (Å²) >= 11 is 0. The Morgan fingerprint density at radius 2 is 1.87 bits per heavy atom. The molecule has 1 saturated heterocycles. The summed E-state index contributed by atoms with van der Waals surface area (Å²) in [7, 11) is 1.58. The molecule has 2 heterocycles. The fraction of sp³-hybridized carbons (Fsp3) is 0.261. The molecule has 2 aromatic carbocycles. The number of hydrogen-bond donors (Lipinski definition) is 0. The SMILES string of the molecule is COc1ccccc1-c1ccc(=O)n(CC(=O)N2CCO[C@@H](c3ccccc3)C2)n1. The summed E-state index contributed by atoms with van der Waals surface area (Å²) in [6.45, 7) is 1.27. The van der Waals surface area contributed by atoms with Crippen LogP contribution >= 0.6 is 0 Å². The van der Waals surface area contributed by atoms with Crippen LogP contribution in [0.5, 0.6) is 5.75 Å². The monoisotopic (exact) mass is 405 g/mol. The van der Waals surface area contributed by atoms with E-state index < -0.39 is 0 Å². The van der Waals surface area contributed by atoms with Crippen LogP contribution < -0.4 is 10.3 Å². The van der Waals surface area contributed by atoms with E-state index in [2.05, 4.69) is 5.10 Å². The Labute approximate surface area is 174 Å². The average Bonchev–Trinajstić information content (AvgIpc) is 2.81. The van der Waals surface area contributed by atoms with E-state index in [1.54, 1.807) is 18.1 Å². The highest BCUT2D eigenvalue weighted by atomic mass is 16.5. The van der Waals surface area contributed by atoms with E-state index in [1.807, 2.05) is 54.6 Å². The van der Waals surface area contributed by atoms with E-state index in [4.69, 9.17) is 9.47 Å². The molecular weight excluding hydrogens is 382 g/mol. The number of benzene rings is 2. The second kappa shape index (κ2) is 8.92. The van der Waals surface area contributed by atoms with Gasteiger partial charge in [-0.3, -0.25) is 9.59 Å². The molecule has 3 aromatic rings. The lowest BCUT2D eigenvalue weighted by molar-refractivity contribution is -0.139. The van der Waals surface area contributed by atoms with Gasteiger partial charge in [0, 0.05) is 18.2 Å². The van der Waals surface area contributed by atoms with E-state index in [-0.39, 0.29) is 24.1 Å². The average molecular weight is 405 g/mol. The van der Waals surface area contributed by atoms with Crippen molar-refractivity contribution in [3.05, 3.63) is 82.6 Å². The molecule has 1 atom stereocenters. The van der Waals surface area contributed by atoms with Gasteiger partial charge in [0.05, 0.1) is 26.0 Å². The number of carbonyl (C=O) groups excluding carboxylic acids is 1. The third kappa shape index (κ3) is 4.26. The summed E-state index contributed by atoms with van der Waals surface area (Å²) in [5.41, 5.74) is 2.04. The number of ether oxygens (including phenoxy) is 2. The molecule has 0 radical (unpaired) electrons. The van der Waals surface area contributed by atoms with Crippen molar-refractivity contribution in [2.45, 2.75) is 12.6 Å². The van der Waals surface area contributed by atoms with Gasteiger partial charge in [0.15, 0.2) is 0 Å². The molecule has 1 aliphatic heterocycles. The Morgan fingerprint density at radius 3 is 2.67 bits per heavy atom. The van der Waals surface area contributed by atoms with E-state index >= 15 is 0 Å². The molecule has 1 aliphatic rings. The van der Waals surface area contributed by atoms with Crippen LogP contribution in [0.2, 0.25) is 0 Å². The maximum absolute atomic E-state index is 12.9. The van der Waals surface area contributed by atoms with Gasteiger partial charge >= 0.3 is 0 Å². The van der Waals surface area contributed by atoms with E-state index in [0.29, 0.717) is 31.1 Å². The highest BCUT2D eigenvalue weighted by Gasteiger charge is 2.25. The van der Waals surface area contributed by atoms with Gasteiger partial charge in [0.25, 0.3) is 5.56 Å². The summed E-state index contributed by atoms with van der Waals surface area (Å²) < 4.78 is 12.4. The second-order valence-electron chi connectivity index (χ2n) is 7.02. The van der Waals surface area contributed by atoms with Crippen molar-refractivity contribution in [1.82, 2.24) is 14.7 Å². The van der Waals surface area contributed by atoms with Gasteiger partial charge in [0.1, 0.15) is 18.4 Å². The van der Waals surface area contributed by atoms with Gasteiger partial charge < -0.3 is 14.4 Å². The molecule has 0 unspecified atom stereocenters. The molecule has 0 saturated carbocycles. The number of methoxy groups -OCH3 is 1. The summed E-state index contributed by atoms with van der Waals surface area (Å²) in [6, 6.07) is 20.3. The molecule has 0 spiro atoms. The maximum Gasteiger partial charge on any atom is 0.267 e. The number of para-hydroxylation sites is 1. The third-order valence-electron chi connectivity index (χ3n) is 5.13. The zero-order valence-electron chi connectivity index (χ0n) is 16.7. The van der Waals surface area contributed by atoms with Crippen molar-refractivity contribution in [1.29, 1.82) is 0 Å². The van der Waals surface area contributed by atoms with Gasteiger partial charge in [-0.2, -0.15) is 5.10 Å². The van der Waals surface area contributed by atoms with E-state index in [0.717, 1.165) is 11.1 Å². The molecular formula is C23H23N3O4. The molecule has 30 heavy (non-hydrogen) atoms. The van der Waals surface area contributed by atoms with Crippen LogP contribution in [0.3, 0.4) is 0 Å². The smallest absolute Gasteiger partial charge is 0.267 e. The number of morpholine rings is 1. The van der Waals surface area contributed by atoms with Crippen LogP contribution in [0.25, 0.3) is 11.3 Å². The normalized spacial score (nSPS) is 16.3. The number of aromatic nitrogens is 2. The molecule has 0 bridgehead atoms. The number of amides is 1. The fourth-order valence-corrected chi connectivity index (χ4v) is 3.54. The van der Waals surface area contributed by atoms with E-state index in [9.17, 15) is 9.59 Å². The topological polar surface area (TPSA) is 73.7 Å². The summed E-state index contributed by atoms with van der Waals surface area (Å²) in [5, 5.41) is 4.41. The van der Waals surface area contributed by atoms with Gasteiger partial charge in [0.2, 0.25) is 5.91 Å². The van der Waals surface area contributed by atoms with Gasteiger partial charge in [-0.15, -0.1) is 0 Å². The van der Waals surface area contributed by atoms with Gasteiger partial charge in [-0.1, -0.05) is 42.5 Å². The minimum absolute atomic E-state index is 0.122. The Kier molecular flexibility index (Phi) is 5.90. The van der Waals surface area contributed by atoms with Crippen LogP contribution in [-0.4, -0.2) is 47.4 Å². The molecule has 1 fully saturated rings. The molecule has 7 heteroatoms. The van der Waals surface area contributed by atoms with Crippen molar-refractivity contribution >= 4 is 5.91 Å². The highest BCUT2D eigenvalue weighted by molar-refractivity contribution is 5.76. The van der Waals surface area contributed by atoms with Crippen LogP contribution in [0, 0.1) is 0 Å². The predicted molar refractivity (Wildman–Crippen MR) is 112 cm³/mol. The summed E-state index contributed by atoms with van der Waals surface area (Å²) in [6.07, 6.45) is -0.173. The molecule has 4 rings (SSSR count). The third-order valence-corrected chi connectivity index (χ3v) is 5.13. The Bertz CT molecular complexity index is 1080. The summed E-state index contributed by atoms with van der Waals surface area (Å²) in [4.78, 5) is 27.0. The Hall–Kier alpha value is -3.45. The van der Waals surface area contributed by atoms with Crippen LogP contribution in [0.15, 0.2) is 71.5 Å². The lowest BCUT2D eigenvalue weighted by atomic mass is 10.1. The summed E-state index contributed by atoms with van der Waals surface area (Å²) in [5.74, 6) is 0.492.